The third-order valence-electron chi connectivity index (χ3n) is 3.91. The smallest absolute Gasteiger partial charge is 0.0725 e. The van der Waals surface area contributed by atoms with Crippen molar-refractivity contribution in [1.82, 2.24) is 0 Å². The number of rotatable bonds is 1. The number of benzene rings is 1. The van der Waals surface area contributed by atoms with E-state index in [1.165, 1.54) is 16.7 Å². The second-order valence-corrected chi connectivity index (χ2v) is 4.79. The van der Waals surface area contributed by atoms with E-state index in [-0.39, 0.29) is 6.10 Å². The predicted molar refractivity (Wildman–Crippen MR) is 57.5 cm³/mol. The summed E-state index contributed by atoms with van der Waals surface area (Å²) in [4.78, 5) is 0. The van der Waals surface area contributed by atoms with Crippen molar-refractivity contribution in [2.45, 2.75) is 38.6 Å². The van der Waals surface area contributed by atoms with Gasteiger partial charge in [-0.25, -0.2) is 0 Å². The van der Waals surface area contributed by atoms with Crippen molar-refractivity contribution in [2.75, 3.05) is 0 Å². The van der Waals surface area contributed by atoms with Gasteiger partial charge in [-0.05, 0) is 34.9 Å². The van der Waals surface area contributed by atoms with E-state index in [1.54, 1.807) is 0 Å². The van der Waals surface area contributed by atoms with E-state index in [4.69, 9.17) is 4.74 Å². The molecule has 1 aromatic carbocycles. The summed E-state index contributed by atoms with van der Waals surface area (Å²) >= 11 is 0. The molecule has 0 aromatic heterocycles. The van der Waals surface area contributed by atoms with Crippen LogP contribution in [0.4, 0.5) is 0 Å². The SMILES string of the molecule is CC1C(O)CC1c1ccc2c(c1)COC2. The van der Waals surface area contributed by atoms with Crippen molar-refractivity contribution in [1.29, 1.82) is 0 Å². The van der Waals surface area contributed by atoms with Gasteiger partial charge in [0.2, 0.25) is 0 Å². The van der Waals surface area contributed by atoms with Crippen molar-refractivity contribution >= 4 is 0 Å². The Morgan fingerprint density at radius 1 is 1.27 bits per heavy atom. The molecule has 2 nitrogen and oxygen atoms in total. The van der Waals surface area contributed by atoms with Crippen LogP contribution < -0.4 is 0 Å². The molecule has 0 spiro atoms. The molecule has 1 N–H and O–H groups in total. The van der Waals surface area contributed by atoms with Gasteiger partial charge in [0.1, 0.15) is 0 Å². The van der Waals surface area contributed by atoms with Crippen LogP contribution in [-0.2, 0) is 18.0 Å². The standard InChI is InChI=1S/C13H16O2/c1-8-12(5-13(8)14)9-2-3-10-6-15-7-11(10)4-9/h2-4,8,12-14H,5-7H2,1H3. The molecule has 1 fully saturated rings. The first-order chi connectivity index (χ1) is 7.25. The van der Waals surface area contributed by atoms with Crippen LogP contribution in [-0.4, -0.2) is 11.2 Å². The quantitative estimate of drug-likeness (QED) is 0.760. The summed E-state index contributed by atoms with van der Waals surface area (Å²) < 4.78 is 5.40. The molecule has 0 bridgehead atoms. The average Bonchev–Trinajstić information content (AvgIpc) is 2.72. The third kappa shape index (κ3) is 1.40. The summed E-state index contributed by atoms with van der Waals surface area (Å²) in [6.45, 7) is 3.65. The minimum atomic E-state index is -0.0977. The van der Waals surface area contributed by atoms with E-state index in [0.29, 0.717) is 11.8 Å². The molecule has 80 valence electrons. The first kappa shape index (κ1) is 9.37. The maximum atomic E-state index is 9.52. The molecule has 0 amide bonds. The van der Waals surface area contributed by atoms with Crippen molar-refractivity contribution in [3.63, 3.8) is 0 Å². The molecule has 1 saturated carbocycles. The van der Waals surface area contributed by atoms with Crippen LogP contribution in [0, 0.1) is 5.92 Å². The largest absolute Gasteiger partial charge is 0.393 e. The van der Waals surface area contributed by atoms with Gasteiger partial charge in [-0.1, -0.05) is 25.1 Å². The van der Waals surface area contributed by atoms with Crippen LogP contribution in [0.1, 0.15) is 36.0 Å². The highest BCUT2D eigenvalue weighted by molar-refractivity contribution is 5.36. The number of hydrogen-bond acceptors (Lipinski definition) is 2. The lowest BCUT2D eigenvalue weighted by Gasteiger charge is -2.39. The van der Waals surface area contributed by atoms with Crippen LogP contribution in [0.2, 0.25) is 0 Å². The summed E-state index contributed by atoms with van der Waals surface area (Å²) in [6, 6.07) is 6.63. The normalized spacial score (nSPS) is 33.6. The molecule has 1 aliphatic heterocycles. The molecule has 1 aromatic rings. The van der Waals surface area contributed by atoms with E-state index in [1.807, 2.05) is 0 Å². The summed E-state index contributed by atoms with van der Waals surface area (Å²) in [5, 5.41) is 9.52. The molecule has 0 saturated heterocycles. The molecular formula is C13H16O2. The van der Waals surface area contributed by atoms with Gasteiger partial charge in [0.15, 0.2) is 0 Å². The number of aliphatic hydroxyl groups excluding tert-OH is 1. The number of aliphatic hydroxyl groups is 1. The monoisotopic (exact) mass is 204 g/mol. The average molecular weight is 204 g/mol. The lowest BCUT2D eigenvalue weighted by atomic mass is 9.68. The minimum absolute atomic E-state index is 0.0977. The summed E-state index contributed by atoms with van der Waals surface area (Å²) in [5.41, 5.74) is 4.03. The van der Waals surface area contributed by atoms with Crippen LogP contribution in [0.3, 0.4) is 0 Å². The first-order valence-corrected chi connectivity index (χ1v) is 5.63. The molecule has 1 aliphatic carbocycles. The van der Waals surface area contributed by atoms with Crippen LogP contribution in [0.15, 0.2) is 18.2 Å². The maximum Gasteiger partial charge on any atom is 0.0725 e. The van der Waals surface area contributed by atoms with E-state index < -0.39 is 0 Å². The highest BCUT2D eigenvalue weighted by Gasteiger charge is 2.37. The Bertz CT molecular complexity index is 386. The summed E-state index contributed by atoms with van der Waals surface area (Å²) in [6.07, 6.45) is 0.820. The van der Waals surface area contributed by atoms with Gasteiger partial charge in [0.05, 0.1) is 19.3 Å². The molecule has 0 radical (unpaired) electrons. The molecule has 15 heavy (non-hydrogen) atoms. The van der Waals surface area contributed by atoms with Gasteiger partial charge >= 0.3 is 0 Å². The molecule has 3 unspecified atom stereocenters. The predicted octanol–water partition coefficient (Wildman–Crippen LogP) is 2.20. The van der Waals surface area contributed by atoms with E-state index in [2.05, 4.69) is 25.1 Å². The fourth-order valence-corrected chi connectivity index (χ4v) is 2.62. The summed E-state index contributed by atoms with van der Waals surface area (Å²) in [7, 11) is 0. The Labute approximate surface area is 89.9 Å². The maximum absolute atomic E-state index is 9.52. The highest BCUT2D eigenvalue weighted by atomic mass is 16.5. The van der Waals surface area contributed by atoms with Crippen LogP contribution >= 0.6 is 0 Å². The van der Waals surface area contributed by atoms with E-state index in [0.717, 1.165) is 19.6 Å². The fraction of sp³-hybridized carbons (Fsp3) is 0.538. The van der Waals surface area contributed by atoms with Gasteiger partial charge in [-0.3, -0.25) is 0 Å². The third-order valence-corrected chi connectivity index (χ3v) is 3.91. The second-order valence-electron chi connectivity index (χ2n) is 4.79. The Morgan fingerprint density at radius 2 is 2.07 bits per heavy atom. The first-order valence-electron chi connectivity index (χ1n) is 5.63. The number of fused-ring (bicyclic) bond motifs is 1. The van der Waals surface area contributed by atoms with Crippen LogP contribution in [0.5, 0.6) is 0 Å². The molecule has 1 heterocycles. The minimum Gasteiger partial charge on any atom is -0.393 e. The van der Waals surface area contributed by atoms with E-state index >= 15 is 0 Å². The molecule has 3 rings (SSSR count). The van der Waals surface area contributed by atoms with Gasteiger partial charge < -0.3 is 9.84 Å². The molecular weight excluding hydrogens is 188 g/mol. The zero-order valence-electron chi connectivity index (χ0n) is 8.94. The lowest BCUT2D eigenvalue weighted by Crippen LogP contribution is -2.37. The highest BCUT2D eigenvalue weighted by Crippen LogP contribution is 2.43. The second kappa shape index (κ2) is 3.32. The topological polar surface area (TPSA) is 29.5 Å². The Kier molecular flexibility index (Phi) is 2.08. The van der Waals surface area contributed by atoms with Crippen molar-refractivity contribution < 1.29 is 9.84 Å². The van der Waals surface area contributed by atoms with Gasteiger partial charge in [0.25, 0.3) is 0 Å². The Hall–Kier alpha value is -0.860. The van der Waals surface area contributed by atoms with Crippen molar-refractivity contribution in [3.8, 4) is 0 Å². The van der Waals surface area contributed by atoms with Crippen molar-refractivity contribution in [3.05, 3.63) is 34.9 Å². The van der Waals surface area contributed by atoms with Gasteiger partial charge in [-0.2, -0.15) is 0 Å². The summed E-state index contributed by atoms with van der Waals surface area (Å²) in [5.74, 6) is 0.955. The zero-order chi connectivity index (χ0) is 10.4. The fourth-order valence-electron chi connectivity index (χ4n) is 2.62. The van der Waals surface area contributed by atoms with Crippen molar-refractivity contribution in [2.24, 2.45) is 5.92 Å². The molecule has 3 atom stereocenters. The molecule has 2 heteroatoms. The van der Waals surface area contributed by atoms with Crippen LogP contribution in [0.25, 0.3) is 0 Å². The Morgan fingerprint density at radius 3 is 2.80 bits per heavy atom. The lowest BCUT2D eigenvalue weighted by molar-refractivity contribution is 0.0117. The Balaban J connectivity index is 1.88. The van der Waals surface area contributed by atoms with Gasteiger partial charge in [-0.15, -0.1) is 0 Å². The molecule has 2 aliphatic rings. The number of ether oxygens (including phenoxy) is 1. The van der Waals surface area contributed by atoms with Gasteiger partial charge in [0, 0.05) is 0 Å². The van der Waals surface area contributed by atoms with E-state index in [9.17, 15) is 5.11 Å². The zero-order valence-corrected chi connectivity index (χ0v) is 8.94. The number of hydrogen-bond donors (Lipinski definition) is 1.